The highest BCUT2D eigenvalue weighted by Gasteiger charge is 2.33. The summed E-state index contributed by atoms with van der Waals surface area (Å²) in [7, 11) is 0. The Morgan fingerprint density at radius 3 is 2.50 bits per heavy atom. The van der Waals surface area contributed by atoms with Crippen LogP contribution < -0.4 is 10.1 Å². The predicted molar refractivity (Wildman–Crippen MR) is 128 cm³/mol. The number of alkyl halides is 3. The monoisotopic (exact) mass is 496 g/mol. The minimum Gasteiger partial charge on any atom is -0.406 e. The third-order valence-corrected chi connectivity index (χ3v) is 6.63. The Labute approximate surface area is 207 Å². The van der Waals surface area contributed by atoms with E-state index in [-0.39, 0.29) is 17.7 Å². The van der Waals surface area contributed by atoms with Crippen LogP contribution in [-0.4, -0.2) is 53.2 Å². The first-order chi connectivity index (χ1) is 17.3. The summed E-state index contributed by atoms with van der Waals surface area (Å²) in [5.74, 6) is -0.350. The van der Waals surface area contributed by atoms with E-state index in [1.54, 1.807) is 23.2 Å². The van der Waals surface area contributed by atoms with E-state index in [0.29, 0.717) is 18.7 Å². The number of rotatable bonds is 6. The summed E-state index contributed by atoms with van der Waals surface area (Å²) in [5.41, 5.74) is 5.39. The van der Waals surface area contributed by atoms with Gasteiger partial charge in [0.1, 0.15) is 5.75 Å². The number of hydrogen-bond donors (Lipinski definition) is 1. The topological polar surface area (TPSA) is 57.7 Å². The third-order valence-electron chi connectivity index (χ3n) is 6.63. The number of amides is 1. The zero-order chi connectivity index (χ0) is 25.3. The van der Waals surface area contributed by atoms with Gasteiger partial charge < -0.3 is 15.0 Å². The molecule has 1 fully saturated rings. The molecule has 3 aromatic rings. The number of fused-ring (bicyclic) bond motifs is 1. The van der Waals surface area contributed by atoms with Gasteiger partial charge in [0.2, 0.25) is 0 Å². The van der Waals surface area contributed by atoms with Gasteiger partial charge in [-0.1, -0.05) is 30.3 Å². The second kappa shape index (κ2) is 9.91. The quantitative estimate of drug-likeness (QED) is 0.547. The van der Waals surface area contributed by atoms with Gasteiger partial charge in [0.15, 0.2) is 0 Å². The van der Waals surface area contributed by atoms with Crippen LogP contribution in [-0.2, 0) is 13.1 Å². The lowest BCUT2D eigenvalue weighted by Gasteiger charge is -2.35. The largest absolute Gasteiger partial charge is 0.573 e. The van der Waals surface area contributed by atoms with Crippen LogP contribution in [0.2, 0.25) is 0 Å². The third kappa shape index (κ3) is 5.22. The molecule has 2 aliphatic heterocycles. The maximum atomic E-state index is 13.3. The molecule has 0 radical (unpaired) electrons. The standard InChI is InChI=1S/C27H27F3N4O2/c1-18-14-20(25(23-4-2-3-9-32-23)33-12-10-31-11-13-33)15-21-17-34(26(35)24(18)21)16-19-5-7-22(8-6-19)36-27(28,29)30/h2-9,14-15,25,31H,10-13,16-17H2,1H3. The zero-order valence-electron chi connectivity index (χ0n) is 19.9. The molecule has 5 rings (SSSR count). The van der Waals surface area contributed by atoms with Crippen LogP contribution in [0.1, 0.15) is 44.3 Å². The van der Waals surface area contributed by atoms with E-state index >= 15 is 0 Å². The Balaban J connectivity index is 1.39. The van der Waals surface area contributed by atoms with Crippen molar-refractivity contribution in [2.24, 2.45) is 0 Å². The van der Waals surface area contributed by atoms with E-state index in [2.05, 4.69) is 32.1 Å². The number of halogens is 3. The second-order valence-corrected chi connectivity index (χ2v) is 9.17. The van der Waals surface area contributed by atoms with Crippen LogP contribution in [0.3, 0.4) is 0 Å². The van der Waals surface area contributed by atoms with Crippen LogP contribution in [0, 0.1) is 6.92 Å². The zero-order valence-corrected chi connectivity index (χ0v) is 19.9. The van der Waals surface area contributed by atoms with E-state index in [1.807, 2.05) is 25.1 Å². The number of piperazine rings is 1. The number of carbonyl (C=O) groups excluding carboxylic acids is 1. The molecule has 1 unspecified atom stereocenters. The number of hydrogen-bond acceptors (Lipinski definition) is 5. The molecule has 1 N–H and O–H groups in total. The molecule has 36 heavy (non-hydrogen) atoms. The van der Waals surface area contributed by atoms with Crippen molar-refractivity contribution >= 4 is 5.91 Å². The number of aryl methyl sites for hydroxylation is 1. The van der Waals surface area contributed by atoms with Crippen molar-refractivity contribution in [1.82, 2.24) is 20.1 Å². The maximum Gasteiger partial charge on any atom is 0.573 e. The molecule has 0 spiro atoms. The lowest BCUT2D eigenvalue weighted by Crippen LogP contribution is -2.45. The van der Waals surface area contributed by atoms with Crippen LogP contribution in [0.15, 0.2) is 60.8 Å². The number of pyridine rings is 1. The summed E-state index contributed by atoms with van der Waals surface area (Å²) in [6.45, 7) is 6.32. The normalized spacial score (nSPS) is 17.2. The number of benzene rings is 2. The molecule has 0 saturated carbocycles. The van der Waals surface area contributed by atoms with E-state index < -0.39 is 6.36 Å². The van der Waals surface area contributed by atoms with Crippen molar-refractivity contribution in [2.45, 2.75) is 32.4 Å². The average Bonchev–Trinajstić information content (AvgIpc) is 3.16. The van der Waals surface area contributed by atoms with Gasteiger partial charge in [0.25, 0.3) is 5.91 Å². The molecule has 6 nitrogen and oxygen atoms in total. The molecule has 0 aliphatic carbocycles. The SMILES string of the molecule is Cc1cc(C(c2ccccn2)N2CCNCC2)cc2c1C(=O)N(Cc1ccc(OC(F)(F)F)cc1)C2. The Hall–Kier alpha value is -3.43. The summed E-state index contributed by atoms with van der Waals surface area (Å²) in [6.07, 6.45) is -2.93. The number of nitrogens with zero attached hydrogens (tertiary/aromatic N) is 3. The lowest BCUT2D eigenvalue weighted by atomic mass is 9.93. The summed E-state index contributed by atoms with van der Waals surface area (Å²) in [5, 5.41) is 3.40. The van der Waals surface area contributed by atoms with Crippen LogP contribution in [0.4, 0.5) is 13.2 Å². The highest BCUT2D eigenvalue weighted by atomic mass is 19.4. The number of ether oxygens (including phenoxy) is 1. The predicted octanol–water partition coefficient (Wildman–Crippen LogP) is 4.44. The van der Waals surface area contributed by atoms with E-state index in [0.717, 1.165) is 54.1 Å². The number of carbonyl (C=O) groups is 1. The van der Waals surface area contributed by atoms with Gasteiger partial charge in [-0.15, -0.1) is 13.2 Å². The summed E-state index contributed by atoms with van der Waals surface area (Å²) in [4.78, 5) is 22.0. The van der Waals surface area contributed by atoms with Crippen molar-refractivity contribution in [3.63, 3.8) is 0 Å². The first kappa shape index (κ1) is 24.3. The Morgan fingerprint density at radius 1 is 1.08 bits per heavy atom. The molecular weight excluding hydrogens is 469 g/mol. The summed E-state index contributed by atoms with van der Waals surface area (Å²) >= 11 is 0. The minimum atomic E-state index is -4.73. The maximum absolute atomic E-state index is 13.3. The first-order valence-electron chi connectivity index (χ1n) is 11.9. The number of aromatic nitrogens is 1. The molecular formula is C27H27F3N4O2. The molecule has 3 heterocycles. The molecule has 188 valence electrons. The molecule has 1 saturated heterocycles. The number of nitrogens with one attached hydrogen (secondary N) is 1. The Bertz CT molecular complexity index is 1230. The minimum absolute atomic E-state index is 0.0115. The molecule has 1 atom stereocenters. The van der Waals surface area contributed by atoms with Gasteiger partial charge >= 0.3 is 6.36 Å². The fourth-order valence-electron chi connectivity index (χ4n) is 5.11. The molecule has 2 aromatic carbocycles. The second-order valence-electron chi connectivity index (χ2n) is 9.17. The molecule has 0 bridgehead atoms. The average molecular weight is 497 g/mol. The van der Waals surface area contributed by atoms with Gasteiger partial charge in [-0.05, 0) is 53.4 Å². The van der Waals surface area contributed by atoms with E-state index in [1.165, 1.54) is 12.1 Å². The van der Waals surface area contributed by atoms with Gasteiger partial charge in [-0.2, -0.15) is 0 Å². The van der Waals surface area contributed by atoms with Crippen molar-refractivity contribution < 1.29 is 22.7 Å². The fourth-order valence-corrected chi connectivity index (χ4v) is 5.11. The molecule has 9 heteroatoms. The van der Waals surface area contributed by atoms with Crippen LogP contribution in [0.5, 0.6) is 5.75 Å². The van der Waals surface area contributed by atoms with Crippen LogP contribution in [0.25, 0.3) is 0 Å². The fraction of sp³-hybridized carbons (Fsp3) is 0.333. The molecule has 2 aliphatic rings. The van der Waals surface area contributed by atoms with Gasteiger partial charge in [0.05, 0.1) is 11.7 Å². The summed E-state index contributed by atoms with van der Waals surface area (Å²) in [6, 6.07) is 15.8. The van der Waals surface area contributed by atoms with Gasteiger partial charge in [0, 0.05) is 51.0 Å². The van der Waals surface area contributed by atoms with Crippen molar-refractivity contribution in [1.29, 1.82) is 0 Å². The van der Waals surface area contributed by atoms with Crippen LogP contribution >= 0.6 is 0 Å². The van der Waals surface area contributed by atoms with Crippen molar-refractivity contribution in [2.75, 3.05) is 26.2 Å². The Kier molecular flexibility index (Phi) is 6.68. The molecule has 1 aromatic heterocycles. The van der Waals surface area contributed by atoms with Crippen molar-refractivity contribution in [3.8, 4) is 5.75 Å². The van der Waals surface area contributed by atoms with Gasteiger partial charge in [-0.25, -0.2) is 0 Å². The molecule has 1 amide bonds. The highest BCUT2D eigenvalue weighted by molar-refractivity contribution is 5.99. The smallest absolute Gasteiger partial charge is 0.406 e. The van der Waals surface area contributed by atoms with E-state index in [9.17, 15) is 18.0 Å². The van der Waals surface area contributed by atoms with Gasteiger partial charge in [-0.3, -0.25) is 14.7 Å². The summed E-state index contributed by atoms with van der Waals surface area (Å²) < 4.78 is 41.3. The Morgan fingerprint density at radius 2 is 1.83 bits per heavy atom. The highest BCUT2D eigenvalue weighted by Crippen LogP contribution is 2.35. The van der Waals surface area contributed by atoms with Crippen molar-refractivity contribution in [3.05, 3.63) is 94.3 Å². The lowest BCUT2D eigenvalue weighted by molar-refractivity contribution is -0.274. The van der Waals surface area contributed by atoms with E-state index in [4.69, 9.17) is 0 Å². The first-order valence-corrected chi connectivity index (χ1v) is 11.9.